The molecule has 4 atom stereocenters. The lowest BCUT2D eigenvalue weighted by atomic mass is 9.85. The first kappa shape index (κ1) is 34.9. The van der Waals surface area contributed by atoms with Crippen LogP contribution >= 0.6 is 0 Å². The fourth-order valence-electron chi connectivity index (χ4n) is 7.86. The number of ether oxygens (including phenoxy) is 2. The van der Waals surface area contributed by atoms with E-state index in [9.17, 15) is 14.3 Å². The van der Waals surface area contributed by atoms with E-state index >= 15 is 0 Å². The van der Waals surface area contributed by atoms with E-state index in [0.29, 0.717) is 29.7 Å². The van der Waals surface area contributed by atoms with Crippen molar-refractivity contribution in [3.8, 4) is 5.75 Å². The van der Waals surface area contributed by atoms with Gasteiger partial charge in [0.1, 0.15) is 24.3 Å². The molecule has 4 unspecified atom stereocenters. The Balaban J connectivity index is 1.33. The number of hydrogen-bond donors (Lipinski definition) is 1. The summed E-state index contributed by atoms with van der Waals surface area (Å²) in [5.41, 5.74) is 3.76. The van der Waals surface area contributed by atoms with Crippen molar-refractivity contribution in [1.82, 2.24) is 4.90 Å². The second-order valence-corrected chi connectivity index (χ2v) is 19.4. The van der Waals surface area contributed by atoms with Crippen molar-refractivity contribution in [2.24, 2.45) is 0 Å². The molecule has 0 radical (unpaired) electrons. The van der Waals surface area contributed by atoms with E-state index < -0.39 is 26.6 Å². The van der Waals surface area contributed by atoms with E-state index in [0.717, 1.165) is 35.5 Å². The molecule has 2 saturated heterocycles. The normalized spacial score (nSPS) is 21.9. The van der Waals surface area contributed by atoms with Gasteiger partial charge in [0.05, 0.1) is 25.3 Å². The smallest absolute Gasteiger partial charge is 0.410 e. The van der Waals surface area contributed by atoms with Crippen molar-refractivity contribution in [1.29, 1.82) is 0 Å². The van der Waals surface area contributed by atoms with Gasteiger partial charge in [0.2, 0.25) is 8.32 Å². The van der Waals surface area contributed by atoms with Gasteiger partial charge in [-0.15, -0.1) is 0 Å². The summed E-state index contributed by atoms with van der Waals surface area (Å²) in [4.78, 5) is 17.1. The molecule has 0 spiro atoms. The summed E-state index contributed by atoms with van der Waals surface area (Å²) in [7, 11) is -2.37. The summed E-state index contributed by atoms with van der Waals surface area (Å²) < 4.78 is 33.1. The molecular formula is C38H51FN2O5Si. The molecule has 47 heavy (non-hydrogen) atoms. The van der Waals surface area contributed by atoms with E-state index in [4.69, 9.17) is 13.9 Å². The second-order valence-electron chi connectivity index (χ2n) is 14.0. The molecule has 0 bridgehead atoms. The third kappa shape index (κ3) is 8.01. The molecule has 0 aliphatic carbocycles. The van der Waals surface area contributed by atoms with Gasteiger partial charge in [0.25, 0.3) is 0 Å². The molecule has 2 fully saturated rings. The molecule has 2 aliphatic heterocycles. The minimum Gasteiger partial charge on any atom is -0.489 e. The molecule has 3 aromatic rings. The highest BCUT2D eigenvalue weighted by atomic mass is 28.4. The maximum absolute atomic E-state index is 13.8. The fraction of sp³-hybridized carbons (Fsp3) is 0.500. The molecule has 9 heteroatoms. The number of β-amino-alcohol motifs (C(OH)–C–C–N with tert-alkyl or cyclic N) is 1. The quantitative estimate of drug-likeness (QED) is 0.209. The molecular weight excluding hydrogens is 612 g/mol. The minimum atomic E-state index is -2.37. The van der Waals surface area contributed by atoms with Gasteiger partial charge < -0.3 is 28.8 Å². The van der Waals surface area contributed by atoms with Gasteiger partial charge in [-0.05, 0) is 58.1 Å². The van der Waals surface area contributed by atoms with E-state index in [-0.39, 0.29) is 31.0 Å². The summed E-state index contributed by atoms with van der Waals surface area (Å²) in [5, 5.41) is 11.7. The van der Waals surface area contributed by atoms with E-state index in [2.05, 4.69) is 46.4 Å². The Hall–Kier alpha value is -3.40. The first-order valence-corrected chi connectivity index (χ1v) is 19.2. The number of benzene rings is 3. The number of amides is 1. The number of aliphatic hydroxyl groups is 1. The summed E-state index contributed by atoms with van der Waals surface area (Å²) >= 11 is 0. The van der Waals surface area contributed by atoms with Crippen LogP contribution in [-0.2, 0) is 15.8 Å². The molecule has 1 amide bonds. The Labute approximate surface area is 280 Å². The van der Waals surface area contributed by atoms with E-state index in [1.165, 1.54) is 6.07 Å². The van der Waals surface area contributed by atoms with Crippen LogP contribution in [0.25, 0.3) is 0 Å². The minimum absolute atomic E-state index is 0.00864. The topological polar surface area (TPSA) is 71.5 Å². The number of piperidine rings is 1. The molecule has 0 aromatic heterocycles. The Morgan fingerprint density at radius 1 is 0.894 bits per heavy atom. The molecule has 3 aromatic carbocycles. The Morgan fingerprint density at radius 3 is 2.21 bits per heavy atom. The maximum atomic E-state index is 13.8. The Morgan fingerprint density at radius 2 is 1.57 bits per heavy atom. The SMILES string of the molecule is CC(C)[Si](OC1CN(C(=O)OCc2ccccc2)CC(O)C1c1ccc(OC2CCN(c3cccc(F)c3)C2)cc1)(C(C)C)C(C)C. The second kappa shape index (κ2) is 15.2. The van der Waals surface area contributed by atoms with Crippen LogP contribution in [0.4, 0.5) is 14.9 Å². The van der Waals surface area contributed by atoms with Crippen molar-refractivity contribution < 1.29 is 28.2 Å². The van der Waals surface area contributed by atoms with Crippen LogP contribution in [0.5, 0.6) is 5.75 Å². The van der Waals surface area contributed by atoms with Crippen molar-refractivity contribution in [3.63, 3.8) is 0 Å². The number of carbonyl (C=O) groups excluding carboxylic acids is 1. The summed E-state index contributed by atoms with van der Waals surface area (Å²) in [6.45, 7) is 15.6. The standard InChI is InChI=1S/C38H51FN2O5Si/c1-26(2)47(27(3)4,28(5)6)46-36-24-41(38(43)44-25-29-11-8-7-9-12-29)23-35(42)37(36)30-15-17-33(18-16-30)45-34-19-20-40(22-34)32-14-10-13-31(39)21-32/h7-18,21,26-28,34-37,42H,19-20,22-25H2,1-6H3. The number of hydrogen-bond acceptors (Lipinski definition) is 6. The van der Waals surface area contributed by atoms with Gasteiger partial charge in [0.15, 0.2) is 0 Å². The third-order valence-corrected chi connectivity index (χ3v) is 16.2. The number of carbonyl (C=O) groups is 1. The lowest BCUT2D eigenvalue weighted by molar-refractivity contribution is -0.0255. The summed E-state index contributed by atoms with van der Waals surface area (Å²) in [6.07, 6.45) is -0.844. The van der Waals surface area contributed by atoms with Gasteiger partial charge in [0, 0.05) is 31.1 Å². The molecule has 0 saturated carbocycles. The predicted octanol–water partition coefficient (Wildman–Crippen LogP) is 8.14. The van der Waals surface area contributed by atoms with Crippen LogP contribution < -0.4 is 9.64 Å². The highest BCUT2D eigenvalue weighted by molar-refractivity contribution is 6.77. The highest BCUT2D eigenvalue weighted by Crippen LogP contribution is 2.46. The number of nitrogens with zero attached hydrogens (tertiary/aromatic N) is 2. The number of halogens is 1. The number of rotatable bonds is 11. The van der Waals surface area contributed by atoms with Crippen LogP contribution in [0.2, 0.25) is 16.6 Å². The van der Waals surface area contributed by atoms with Crippen LogP contribution in [0.15, 0.2) is 78.9 Å². The number of anilines is 1. The molecule has 5 rings (SSSR count). The Kier molecular flexibility index (Phi) is 11.3. The van der Waals surface area contributed by atoms with Crippen molar-refractivity contribution in [3.05, 3.63) is 95.8 Å². The molecule has 2 aliphatic rings. The average molecular weight is 663 g/mol. The molecule has 1 N–H and O–H groups in total. The lowest BCUT2D eigenvalue weighted by Crippen LogP contribution is -2.59. The van der Waals surface area contributed by atoms with Crippen molar-refractivity contribution >= 4 is 20.1 Å². The maximum Gasteiger partial charge on any atom is 0.410 e. The highest BCUT2D eigenvalue weighted by Gasteiger charge is 2.50. The van der Waals surface area contributed by atoms with Gasteiger partial charge in [-0.2, -0.15) is 0 Å². The first-order valence-electron chi connectivity index (χ1n) is 17.1. The zero-order valence-electron chi connectivity index (χ0n) is 28.6. The zero-order valence-corrected chi connectivity index (χ0v) is 29.6. The zero-order chi connectivity index (χ0) is 33.7. The van der Waals surface area contributed by atoms with E-state index in [1.54, 1.807) is 17.0 Å². The Bertz CT molecular complexity index is 1430. The van der Waals surface area contributed by atoms with Gasteiger partial charge in [-0.3, -0.25) is 0 Å². The first-order chi connectivity index (χ1) is 22.5. The molecule has 7 nitrogen and oxygen atoms in total. The van der Waals surface area contributed by atoms with Gasteiger partial charge >= 0.3 is 6.09 Å². The van der Waals surface area contributed by atoms with Crippen LogP contribution in [0, 0.1) is 5.82 Å². The van der Waals surface area contributed by atoms with Crippen LogP contribution in [0.3, 0.4) is 0 Å². The van der Waals surface area contributed by atoms with Crippen molar-refractivity contribution in [2.75, 3.05) is 31.1 Å². The summed E-state index contributed by atoms with van der Waals surface area (Å²) in [5.74, 6) is 0.196. The van der Waals surface area contributed by atoms with E-state index in [1.807, 2.05) is 60.7 Å². The predicted molar refractivity (Wildman–Crippen MR) is 187 cm³/mol. The summed E-state index contributed by atoms with van der Waals surface area (Å²) in [6, 6.07) is 24.3. The van der Waals surface area contributed by atoms with Crippen LogP contribution in [0.1, 0.15) is 65.0 Å². The molecule has 2 heterocycles. The van der Waals surface area contributed by atoms with Crippen molar-refractivity contribution in [2.45, 2.75) is 95.4 Å². The number of likely N-dealkylation sites (tertiary alicyclic amines) is 1. The monoisotopic (exact) mass is 662 g/mol. The lowest BCUT2D eigenvalue weighted by Gasteiger charge is -2.49. The number of aliphatic hydroxyl groups excluding tert-OH is 1. The average Bonchev–Trinajstić information content (AvgIpc) is 3.51. The largest absolute Gasteiger partial charge is 0.489 e. The fourth-order valence-corrected chi connectivity index (χ4v) is 13.4. The third-order valence-electron chi connectivity index (χ3n) is 10.0. The van der Waals surface area contributed by atoms with Gasteiger partial charge in [-0.25, -0.2) is 9.18 Å². The van der Waals surface area contributed by atoms with Crippen LogP contribution in [-0.4, -0.2) is 68.9 Å². The van der Waals surface area contributed by atoms with Gasteiger partial charge in [-0.1, -0.05) is 90.1 Å². The molecule has 254 valence electrons.